The SMILES string of the molecule is CS(=O)(=O)N[C@H]1CC[C@]2(COC3CCC(CC3)c3ccccc3OCc3coc2n3)C1. The third-order valence-electron chi connectivity index (χ3n) is 7.00. The fraction of sp³-hybridized carbons (Fsp3) is 0.609. The van der Waals surface area contributed by atoms with E-state index in [0.29, 0.717) is 31.4 Å². The van der Waals surface area contributed by atoms with Gasteiger partial charge in [-0.15, -0.1) is 0 Å². The Hall–Kier alpha value is -1.90. The third kappa shape index (κ3) is 4.52. The van der Waals surface area contributed by atoms with Crippen LogP contribution in [0.4, 0.5) is 0 Å². The summed E-state index contributed by atoms with van der Waals surface area (Å²) in [6.07, 6.45) is 9.40. The number of ether oxygens (including phenoxy) is 2. The number of nitrogens with zero attached hydrogens (tertiary/aromatic N) is 1. The Kier molecular flexibility index (Phi) is 5.56. The number of hydrogen-bond acceptors (Lipinski definition) is 6. The molecule has 1 aromatic heterocycles. The summed E-state index contributed by atoms with van der Waals surface area (Å²) >= 11 is 0. The summed E-state index contributed by atoms with van der Waals surface area (Å²) in [7, 11) is -3.27. The van der Waals surface area contributed by atoms with Crippen molar-refractivity contribution in [3.8, 4) is 5.75 Å². The lowest BCUT2D eigenvalue weighted by atomic mass is 9.82. The van der Waals surface area contributed by atoms with Crippen LogP contribution in [0.3, 0.4) is 0 Å². The van der Waals surface area contributed by atoms with Crippen LogP contribution in [0.5, 0.6) is 5.75 Å². The van der Waals surface area contributed by atoms with E-state index in [1.165, 1.54) is 11.8 Å². The standard InChI is InChI=1S/C23H30N2O5S/c1-31(26,27)25-17-10-11-23(12-17)15-30-19-8-6-16(7-9-19)20-4-2-3-5-21(20)28-13-18-14-29-22(23)24-18/h2-5,14,16-17,19,25H,6-13,15H2,1H3/t16?,17-,19?,23+/m0/s1. The Morgan fingerprint density at radius 2 is 1.94 bits per heavy atom. The number of aromatic nitrogens is 1. The second-order valence-electron chi connectivity index (χ2n) is 9.37. The summed E-state index contributed by atoms with van der Waals surface area (Å²) in [5, 5.41) is 0. The van der Waals surface area contributed by atoms with E-state index in [1.807, 2.05) is 12.1 Å². The molecule has 2 atom stereocenters. The Morgan fingerprint density at radius 3 is 2.74 bits per heavy atom. The minimum absolute atomic E-state index is 0.133. The van der Waals surface area contributed by atoms with Gasteiger partial charge < -0.3 is 13.9 Å². The molecule has 4 bridgehead atoms. The average molecular weight is 447 g/mol. The Labute approximate surface area is 183 Å². The van der Waals surface area contributed by atoms with Gasteiger partial charge in [-0.1, -0.05) is 18.2 Å². The first-order valence-corrected chi connectivity index (χ1v) is 13.0. The molecule has 0 unspecified atom stereocenters. The summed E-state index contributed by atoms with van der Waals surface area (Å²) < 4.78 is 44.8. The van der Waals surface area contributed by atoms with Crippen molar-refractivity contribution in [3.63, 3.8) is 0 Å². The van der Waals surface area contributed by atoms with Crippen LogP contribution in [-0.4, -0.2) is 38.4 Å². The zero-order valence-corrected chi connectivity index (χ0v) is 18.7. The molecule has 1 N–H and O–H groups in total. The van der Waals surface area contributed by atoms with Crippen LogP contribution in [0.25, 0.3) is 0 Å². The first kappa shape index (κ1) is 21.0. The van der Waals surface area contributed by atoms with Gasteiger partial charge in [0.1, 0.15) is 24.3 Å². The monoisotopic (exact) mass is 446 g/mol. The van der Waals surface area contributed by atoms with Crippen molar-refractivity contribution in [2.45, 2.75) is 75.0 Å². The largest absolute Gasteiger partial charge is 0.487 e. The van der Waals surface area contributed by atoms with E-state index in [0.717, 1.165) is 50.0 Å². The van der Waals surface area contributed by atoms with Gasteiger partial charge in [-0.05, 0) is 62.5 Å². The lowest BCUT2D eigenvalue weighted by molar-refractivity contribution is -0.0102. The Bertz CT molecular complexity index is 1030. The molecule has 7 nitrogen and oxygen atoms in total. The van der Waals surface area contributed by atoms with Crippen LogP contribution in [0.2, 0.25) is 0 Å². The molecule has 0 radical (unpaired) electrons. The maximum absolute atomic E-state index is 11.8. The molecule has 6 rings (SSSR count). The Balaban J connectivity index is 1.44. The summed E-state index contributed by atoms with van der Waals surface area (Å²) in [4.78, 5) is 4.75. The van der Waals surface area contributed by atoms with Crippen molar-refractivity contribution in [2.24, 2.45) is 0 Å². The second kappa shape index (κ2) is 8.22. The van der Waals surface area contributed by atoms with Gasteiger partial charge >= 0.3 is 0 Å². The Morgan fingerprint density at radius 1 is 1.13 bits per heavy atom. The van der Waals surface area contributed by atoms with E-state index >= 15 is 0 Å². The van der Waals surface area contributed by atoms with Gasteiger partial charge in [-0.25, -0.2) is 18.1 Å². The van der Waals surface area contributed by atoms with Crippen molar-refractivity contribution >= 4 is 10.0 Å². The predicted octanol–water partition coefficient (Wildman–Crippen LogP) is 3.65. The van der Waals surface area contributed by atoms with Gasteiger partial charge in [-0.2, -0.15) is 0 Å². The highest BCUT2D eigenvalue weighted by atomic mass is 32.2. The molecule has 2 aliphatic heterocycles. The average Bonchev–Trinajstić information content (AvgIpc) is 3.38. The van der Waals surface area contributed by atoms with E-state index < -0.39 is 15.4 Å². The topological polar surface area (TPSA) is 90.7 Å². The van der Waals surface area contributed by atoms with E-state index in [1.54, 1.807) is 6.26 Å². The maximum Gasteiger partial charge on any atom is 0.208 e. The molecule has 1 aromatic carbocycles. The molecule has 2 saturated carbocycles. The van der Waals surface area contributed by atoms with Crippen LogP contribution in [0, 0.1) is 0 Å². The van der Waals surface area contributed by atoms with Gasteiger partial charge in [-0.3, -0.25) is 0 Å². The van der Waals surface area contributed by atoms with Crippen LogP contribution < -0.4 is 9.46 Å². The predicted molar refractivity (Wildman–Crippen MR) is 116 cm³/mol. The molecule has 2 aromatic rings. The van der Waals surface area contributed by atoms with Crippen molar-refractivity contribution in [1.29, 1.82) is 0 Å². The van der Waals surface area contributed by atoms with Gasteiger partial charge in [0.15, 0.2) is 0 Å². The molecule has 2 aliphatic carbocycles. The molecular formula is C23H30N2O5S. The molecule has 31 heavy (non-hydrogen) atoms. The minimum atomic E-state index is -3.27. The summed E-state index contributed by atoms with van der Waals surface area (Å²) in [5.41, 5.74) is 1.59. The molecule has 3 heterocycles. The van der Waals surface area contributed by atoms with Crippen molar-refractivity contribution in [2.75, 3.05) is 12.9 Å². The fourth-order valence-electron chi connectivity index (χ4n) is 5.45. The van der Waals surface area contributed by atoms with E-state index in [-0.39, 0.29) is 12.1 Å². The number of oxazole rings is 1. The van der Waals surface area contributed by atoms with Crippen molar-refractivity contribution in [1.82, 2.24) is 9.71 Å². The number of hydrogen-bond donors (Lipinski definition) is 1. The quantitative estimate of drug-likeness (QED) is 0.757. The first-order chi connectivity index (χ1) is 14.9. The van der Waals surface area contributed by atoms with Crippen LogP contribution in [0.15, 0.2) is 34.9 Å². The normalized spacial score (nSPS) is 31.2. The summed E-state index contributed by atoms with van der Waals surface area (Å²) in [6, 6.07) is 8.15. The van der Waals surface area contributed by atoms with E-state index in [2.05, 4.69) is 16.9 Å². The molecule has 2 fully saturated rings. The molecule has 0 saturated heterocycles. The van der Waals surface area contributed by atoms with Crippen molar-refractivity contribution in [3.05, 3.63) is 47.7 Å². The zero-order chi connectivity index (χ0) is 21.5. The fourth-order valence-corrected chi connectivity index (χ4v) is 6.26. The van der Waals surface area contributed by atoms with E-state index in [4.69, 9.17) is 18.9 Å². The number of para-hydroxylation sites is 1. The van der Waals surface area contributed by atoms with Crippen LogP contribution in [0.1, 0.15) is 68.0 Å². The zero-order valence-electron chi connectivity index (χ0n) is 17.9. The highest BCUT2D eigenvalue weighted by Gasteiger charge is 2.46. The molecular weight excluding hydrogens is 416 g/mol. The number of fused-ring (bicyclic) bond motifs is 4. The number of benzene rings is 1. The smallest absolute Gasteiger partial charge is 0.208 e. The summed E-state index contributed by atoms with van der Waals surface area (Å²) in [6.45, 7) is 0.847. The molecule has 1 spiro atoms. The van der Waals surface area contributed by atoms with Gasteiger partial charge in [0.05, 0.1) is 24.4 Å². The van der Waals surface area contributed by atoms with Gasteiger partial charge in [0.25, 0.3) is 0 Å². The van der Waals surface area contributed by atoms with Gasteiger partial charge in [0.2, 0.25) is 15.9 Å². The highest BCUT2D eigenvalue weighted by Crippen LogP contribution is 2.44. The highest BCUT2D eigenvalue weighted by molar-refractivity contribution is 7.88. The van der Waals surface area contributed by atoms with Gasteiger partial charge in [0, 0.05) is 6.04 Å². The van der Waals surface area contributed by atoms with Crippen molar-refractivity contribution < 1.29 is 22.3 Å². The number of nitrogens with one attached hydrogen (secondary N) is 1. The summed E-state index contributed by atoms with van der Waals surface area (Å²) in [5.74, 6) is 2.03. The van der Waals surface area contributed by atoms with Crippen LogP contribution >= 0.6 is 0 Å². The molecule has 8 heteroatoms. The van der Waals surface area contributed by atoms with E-state index in [9.17, 15) is 8.42 Å². The lowest BCUT2D eigenvalue weighted by Gasteiger charge is -2.33. The van der Waals surface area contributed by atoms with Crippen LogP contribution in [-0.2, 0) is 26.8 Å². The lowest BCUT2D eigenvalue weighted by Crippen LogP contribution is -2.37. The molecule has 4 aliphatic rings. The molecule has 168 valence electrons. The maximum atomic E-state index is 11.8. The number of rotatable bonds is 2. The second-order valence-corrected chi connectivity index (χ2v) is 11.1. The number of sulfonamides is 1. The molecule has 0 amide bonds. The minimum Gasteiger partial charge on any atom is -0.487 e. The third-order valence-corrected chi connectivity index (χ3v) is 7.76. The first-order valence-electron chi connectivity index (χ1n) is 11.2.